The van der Waals surface area contributed by atoms with Gasteiger partial charge in [-0.1, -0.05) is 24.3 Å². The van der Waals surface area contributed by atoms with Gasteiger partial charge >= 0.3 is 18.0 Å². The largest absolute Gasteiger partial charge is 0.416 e. The lowest BCUT2D eigenvalue weighted by molar-refractivity contribution is -0.137. The Morgan fingerprint density at radius 1 is 0.897 bits per heavy atom. The van der Waals surface area contributed by atoms with Gasteiger partial charge in [0, 0.05) is 17.1 Å². The van der Waals surface area contributed by atoms with E-state index in [4.69, 9.17) is 0 Å². The molecule has 0 aromatic heterocycles. The molecule has 0 unspecified atom stereocenters. The van der Waals surface area contributed by atoms with Crippen molar-refractivity contribution in [2.75, 3.05) is 10.6 Å². The highest BCUT2D eigenvalue weighted by atomic mass is 19.4. The second-order valence-corrected chi connectivity index (χ2v) is 5.91. The minimum Gasteiger partial charge on any atom is -0.326 e. The Labute approximate surface area is 164 Å². The molecule has 0 saturated heterocycles. The molecule has 7 nitrogen and oxygen atoms in total. The number of halogens is 3. The molecule has 0 bridgehead atoms. The number of benzene rings is 2. The Balaban J connectivity index is 1.86. The van der Waals surface area contributed by atoms with Crippen molar-refractivity contribution in [3.05, 3.63) is 60.2 Å². The zero-order valence-electron chi connectivity index (χ0n) is 15.2. The lowest BCUT2D eigenvalue weighted by Crippen LogP contribution is -2.33. The van der Waals surface area contributed by atoms with Crippen molar-refractivity contribution in [1.29, 1.82) is 0 Å². The normalized spacial score (nSPS) is 11.5. The summed E-state index contributed by atoms with van der Waals surface area (Å²) < 4.78 is 38.1. The van der Waals surface area contributed by atoms with Crippen LogP contribution in [0.3, 0.4) is 0 Å². The van der Waals surface area contributed by atoms with Crippen LogP contribution in [0.15, 0.2) is 59.7 Å². The van der Waals surface area contributed by atoms with E-state index in [-0.39, 0.29) is 17.8 Å². The van der Waals surface area contributed by atoms with Crippen LogP contribution < -0.4 is 16.1 Å². The number of anilines is 2. The predicted molar refractivity (Wildman–Crippen MR) is 101 cm³/mol. The van der Waals surface area contributed by atoms with Crippen LogP contribution in [-0.2, 0) is 20.6 Å². The smallest absolute Gasteiger partial charge is 0.326 e. The maximum atomic E-state index is 12.7. The van der Waals surface area contributed by atoms with E-state index in [0.29, 0.717) is 5.69 Å². The lowest BCUT2D eigenvalue weighted by atomic mass is 10.2. The van der Waals surface area contributed by atoms with Crippen molar-refractivity contribution in [3.63, 3.8) is 0 Å². The molecule has 2 rings (SSSR count). The molecule has 10 heteroatoms. The fourth-order valence-electron chi connectivity index (χ4n) is 2.16. The number of nitrogens with one attached hydrogen (secondary N) is 3. The van der Waals surface area contributed by atoms with Gasteiger partial charge in [-0.3, -0.25) is 14.4 Å². The zero-order chi connectivity index (χ0) is 21.4. The molecule has 0 aliphatic carbocycles. The molecule has 29 heavy (non-hydrogen) atoms. The molecule has 3 amide bonds. The molecule has 3 N–H and O–H groups in total. The van der Waals surface area contributed by atoms with Gasteiger partial charge in [-0.25, -0.2) is 5.43 Å². The molecular formula is C19H17F3N4O3. The predicted octanol–water partition coefficient (Wildman–Crippen LogP) is 3.16. The van der Waals surface area contributed by atoms with Crippen LogP contribution in [0.5, 0.6) is 0 Å². The summed E-state index contributed by atoms with van der Waals surface area (Å²) in [6, 6.07) is 12.5. The quantitative estimate of drug-likeness (QED) is 0.404. The molecule has 0 saturated carbocycles. The molecule has 152 valence electrons. The number of amides is 3. The first-order chi connectivity index (χ1) is 13.6. The summed E-state index contributed by atoms with van der Waals surface area (Å²) in [5.74, 6) is -2.61. The van der Waals surface area contributed by atoms with Gasteiger partial charge in [-0.05, 0) is 37.3 Å². The summed E-state index contributed by atoms with van der Waals surface area (Å²) in [6.07, 6.45) is -4.82. The number of hydrogen-bond donors (Lipinski definition) is 3. The molecule has 2 aromatic carbocycles. The fourth-order valence-corrected chi connectivity index (χ4v) is 2.16. The van der Waals surface area contributed by atoms with E-state index in [0.717, 1.165) is 12.1 Å². The number of carbonyl (C=O) groups excluding carboxylic acids is 3. The van der Waals surface area contributed by atoms with Crippen LogP contribution in [0.1, 0.15) is 18.9 Å². The number of carbonyl (C=O) groups is 3. The average molecular weight is 406 g/mol. The molecule has 0 spiro atoms. The number of hydrazone groups is 1. The molecule has 0 aliphatic heterocycles. The first kappa shape index (κ1) is 21.6. The Kier molecular flexibility index (Phi) is 7.07. The SMILES string of the molecule is C/C(CC(=O)Nc1cccc(C(F)(F)F)c1)=N\NC(=O)C(=O)Nc1ccccc1. The third kappa shape index (κ3) is 7.09. The molecule has 0 fully saturated rings. The molecule has 0 aliphatic rings. The Hall–Kier alpha value is -3.69. The maximum Gasteiger partial charge on any atom is 0.416 e. The van der Waals surface area contributed by atoms with Crippen molar-refractivity contribution in [2.45, 2.75) is 19.5 Å². The van der Waals surface area contributed by atoms with Crippen LogP contribution in [0.25, 0.3) is 0 Å². The Bertz CT molecular complexity index is 928. The summed E-state index contributed by atoms with van der Waals surface area (Å²) in [7, 11) is 0. The second-order valence-electron chi connectivity index (χ2n) is 5.91. The van der Waals surface area contributed by atoms with Gasteiger partial charge in [0.1, 0.15) is 0 Å². The minimum absolute atomic E-state index is 0.0242. The Morgan fingerprint density at radius 2 is 1.55 bits per heavy atom. The van der Waals surface area contributed by atoms with Crippen LogP contribution in [0, 0.1) is 0 Å². The van der Waals surface area contributed by atoms with E-state index >= 15 is 0 Å². The summed E-state index contributed by atoms with van der Waals surface area (Å²) in [5, 5.41) is 8.32. The highest BCUT2D eigenvalue weighted by molar-refractivity contribution is 6.39. The Morgan fingerprint density at radius 3 is 2.21 bits per heavy atom. The lowest BCUT2D eigenvalue weighted by Gasteiger charge is -2.10. The average Bonchev–Trinajstić information content (AvgIpc) is 2.66. The van der Waals surface area contributed by atoms with Crippen molar-refractivity contribution >= 4 is 34.8 Å². The van der Waals surface area contributed by atoms with Gasteiger partial charge in [0.05, 0.1) is 12.0 Å². The van der Waals surface area contributed by atoms with Crippen molar-refractivity contribution < 1.29 is 27.6 Å². The summed E-state index contributed by atoms with van der Waals surface area (Å²) in [4.78, 5) is 35.4. The highest BCUT2D eigenvalue weighted by Gasteiger charge is 2.30. The topological polar surface area (TPSA) is 99.7 Å². The molecule has 0 atom stereocenters. The highest BCUT2D eigenvalue weighted by Crippen LogP contribution is 2.30. The van der Waals surface area contributed by atoms with Gasteiger partial charge < -0.3 is 10.6 Å². The third-order valence-electron chi connectivity index (χ3n) is 3.48. The number of rotatable bonds is 5. The van der Waals surface area contributed by atoms with Crippen LogP contribution >= 0.6 is 0 Å². The van der Waals surface area contributed by atoms with Gasteiger partial charge in [-0.2, -0.15) is 18.3 Å². The summed E-state index contributed by atoms with van der Waals surface area (Å²) in [5.41, 5.74) is 1.67. The fraction of sp³-hybridized carbons (Fsp3) is 0.158. The van der Waals surface area contributed by atoms with Gasteiger partial charge in [-0.15, -0.1) is 0 Å². The molecule has 0 heterocycles. The monoisotopic (exact) mass is 406 g/mol. The third-order valence-corrected chi connectivity index (χ3v) is 3.48. The van der Waals surface area contributed by atoms with E-state index in [1.54, 1.807) is 30.3 Å². The minimum atomic E-state index is -4.53. The number of hydrogen-bond acceptors (Lipinski definition) is 4. The first-order valence-electron chi connectivity index (χ1n) is 8.32. The number of nitrogens with zero attached hydrogens (tertiary/aromatic N) is 1. The summed E-state index contributed by atoms with van der Waals surface area (Å²) >= 11 is 0. The van der Waals surface area contributed by atoms with E-state index in [2.05, 4.69) is 15.7 Å². The molecule has 0 radical (unpaired) electrons. The van der Waals surface area contributed by atoms with Crippen LogP contribution in [0.4, 0.5) is 24.5 Å². The number of alkyl halides is 3. The van der Waals surface area contributed by atoms with E-state index in [1.165, 1.54) is 19.1 Å². The summed E-state index contributed by atoms with van der Waals surface area (Å²) in [6.45, 7) is 1.42. The van der Waals surface area contributed by atoms with Crippen molar-refractivity contribution in [2.24, 2.45) is 5.10 Å². The maximum absolute atomic E-state index is 12.7. The zero-order valence-corrected chi connectivity index (χ0v) is 15.2. The van der Waals surface area contributed by atoms with Gasteiger partial charge in [0.2, 0.25) is 5.91 Å². The standard InChI is InChI=1S/C19H17F3N4O3/c1-12(25-26-18(29)17(28)24-14-7-3-2-4-8-14)10-16(27)23-15-9-5-6-13(11-15)19(20,21)22/h2-9,11H,10H2,1H3,(H,23,27)(H,24,28)(H,26,29)/b25-12+. The molecule has 2 aromatic rings. The van der Waals surface area contributed by atoms with Gasteiger partial charge in [0.15, 0.2) is 0 Å². The number of para-hydroxylation sites is 1. The van der Waals surface area contributed by atoms with Crippen molar-refractivity contribution in [1.82, 2.24) is 5.43 Å². The van der Waals surface area contributed by atoms with E-state index < -0.39 is 29.5 Å². The van der Waals surface area contributed by atoms with E-state index in [9.17, 15) is 27.6 Å². The second kappa shape index (κ2) is 9.49. The first-order valence-corrected chi connectivity index (χ1v) is 8.32. The van der Waals surface area contributed by atoms with Crippen LogP contribution in [-0.4, -0.2) is 23.4 Å². The molecular weight excluding hydrogens is 389 g/mol. The van der Waals surface area contributed by atoms with Crippen LogP contribution in [0.2, 0.25) is 0 Å². The van der Waals surface area contributed by atoms with E-state index in [1.807, 2.05) is 5.43 Å². The van der Waals surface area contributed by atoms with Gasteiger partial charge in [0.25, 0.3) is 0 Å². The van der Waals surface area contributed by atoms with Crippen molar-refractivity contribution in [3.8, 4) is 0 Å².